The zero-order chi connectivity index (χ0) is 15.1. The molecule has 0 aromatic heterocycles. The van der Waals surface area contributed by atoms with Gasteiger partial charge in [-0.25, -0.2) is 0 Å². The first kappa shape index (κ1) is 14.6. The van der Waals surface area contributed by atoms with E-state index in [0.717, 1.165) is 11.1 Å². The minimum absolute atomic E-state index is 0.0781. The number of carbonyl (C=O) groups is 2. The second-order valence-electron chi connectivity index (χ2n) is 6.24. The van der Waals surface area contributed by atoms with Gasteiger partial charge in [0.15, 0.2) is 0 Å². The molecule has 0 bridgehead atoms. The molecule has 4 nitrogen and oxygen atoms in total. The van der Waals surface area contributed by atoms with Crippen molar-refractivity contribution in [2.24, 2.45) is 17.3 Å². The molecule has 1 N–H and O–H groups in total. The Kier molecular flexibility index (Phi) is 3.59. The van der Waals surface area contributed by atoms with Crippen LogP contribution in [0.1, 0.15) is 25.0 Å². The van der Waals surface area contributed by atoms with E-state index in [-0.39, 0.29) is 5.91 Å². The SMILES string of the molecule is Cc1ccccc1CN(C)C(=O)C1C(C(=O)O)C1(C)C. The van der Waals surface area contributed by atoms with E-state index >= 15 is 0 Å². The molecule has 1 fully saturated rings. The van der Waals surface area contributed by atoms with Crippen molar-refractivity contribution >= 4 is 11.9 Å². The highest BCUT2D eigenvalue weighted by Crippen LogP contribution is 2.58. The predicted octanol–water partition coefficient (Wildman–Crippen LogP) is 2.31. The lowest BCUT2D eigenvalue weighted by molar-refractivity contribution is -0.141. The molecule has 1 saturated carbocycles. The summed E-state index contributed by atoms with van der Waals surface area (Å²) in [6, 6.07) is 7.91. The molecule has 108 valence electrons. The van der Waals surface area contributed by atoms with Gasteiger partial charge in [0, 0.05) is 13.6 Å². The van der Waals surface area contributed by atoms with E-state index in [4.69, 9.17) is 5.11 Å². The third-order valence-corrected chi connectivity index (χ3v) is 4.40. The van der Waals surface area contributed by atoms with Gasteiger partial charge in [0.1, 0.15) is 0 Å². The first-order valence-corrected chi connectivity index (χ1v) is 6.79. The van der Waals surface area contributed by atoms with Gasteiger partial charge in [0.05, 0.1) is 11.8 Å². The zero-order valence-corrected chi connectivity index (χ0v) is 12.4. The van der Waals surface area contributed by atoms with Crippen LogP contribution in [0, 0.1) is 24.2 Å². The highest BCUT2D eigenvalue weighted by atomic mass is 16.4. The van der Waals surface area contributed by atoms with Gasteiger partial charge in [-0.05, 0) is 23.5 Å². The summed E-state index contributed by atoms with van der Waals surface area (Å²) in [4.78, 5) is 25.2. The van der Waals surface area contributed by atoms with Crippen LogP contribution in [-0.2, 0) is 16.1 Å². The summed E-state index contributed by atoms with van der Waals surface area (Å²) in [5.41, 5.74) is 1.79. The normalized spacial score (nSPS) is 23.2. The van der Waals surface area contributed by atoms with Crippen LogP contribution in [0.5, 0.6) is 0 Å². The smallest absolute Gasteiger partial charge is 0.307 e. The maximum atomic E-state index is 12.4. The number of carbonyl (C=O) groups excluding carboxylic acids is 1. The second kappa shape index (κ2) is 4.93. The Morgan fingerprint density at radius 1 is 1.25 bits per heavy atom. The Morgan fingerprint density at radius 3 is 2.35 bits per heavy atom. The van der Waals surface area contributed by atoms with Crippen molar-refractivity contribution in [1.29, 1.82) is 0 Å². The third kappa shape index (κ3) is 2.42. The van der Waals surface area contributed by atoms with Crippen LogP contribution < -0.4 is 0 Å². The summed E-state index contributed by atoms with van der Waals surface area (Å²) < 4.78 is 0. The molecule has 1 aromatic rings. The van der Waals surface area contributed by atoms with Crippen LogP contribution in [0.2, 0.25) is 0 Å². The highest BCUT2D eigenvalue weighted by Gasteiger charge is 2.66. The molecule has 1 amide bonds. The van der Waals surface area contributed by atoms with Gasteiger partial charge in [0.25, 0.3) is 0 Å². The van der Waals surface area contributed by atoms with Gasteiger partial charge in [0.2, 0.25) is 5.91 Å². The van der Waals surface area contributed by atoms with Gasteiger partial charge in [-0.3, -0.25) is 9.59 Å². The highest BCUT2D eigenvalue weighted by molar-refractivity contribution is 5.91. The van der Waals surface area contributed by atoms with E-state index in [1.54, 1.807) is 11.9 Å². The summed E-state index contributed by atoms with van der Waals surface area (Å²) in [7, 11) is 1.74. The average Bonchev–Trinajstić information content (AvgIpc) is 2.94. The van der Waals surface area contributed by atoms with E-state index in [1.165, 1.54) is 0 Å². The van der Waals surface area contributed by atoms with E-state index in [2.05, 4.69) is 0 Å². The Bertz CT molecular complexity index is 550. The second-order valence-corrected chi connectivity index (χ2v) is 6.24. The number of amides is 1. The third-order valence-electron chi connectivity index (χ3n) is 4.40. The monoisotopic (exact) mass is 275 g/mol. The molecule has 1 aliphatic rings. The number of hydrogen-bond acceptors (Lipinski definition) is 2. The van der Waals surface area contributed by atoms with Crippen molar-refractivity contribution in [3.8, 4) is 0 Å². The summed E-state index contributed by atoms with van der Waals surface area (Å²) >= 11 is 0. The van der Waals surface area contributed by atoms with E-state index in [0.29, 0.717) is 6.54 Å². The van der Waals surface area contributed by atoms with Crippen LogP contribution in [0.25, 0.3) is 0 Å². The van der Waals surface area contributed by atoms with Gasteiger partial charge < -0.3 is 10.0 Å². The molecule has 2 rings (SSSR count). The standard InChI is InChI=1S/C16H21NO3/c1-10-7-5-6-8-11(10)9-17(4)14(18)12-13(15(19)20)16(12,2)3/h5-8,12-13H,9H2,1-4H3,(H,19,20). The molecule has 0 heterocycles. The van der Waals surface area contributed by atoms with Crippen LogP contribution in [0.15, 0.2) is 24.3 Å². The summed E-state index contributed by atoms with van der Waals surface area (Å²) in [6.07, 6.45) is 0. The minimum Gasteiger partial charge on any atom is -0.481 e. The molecule has 0 radical (unpaired) electrons. The Hall–Kier alpha value is -1.84. The van der Waals surface area contributed by atoms with Gasteiger partial charge in [-0.2, -0.15) is 0 Å². The average molecular weight is 275 g/mol. The van der Waals surface area contributed by atoms with Crippen LogP contribution in [0.3, 0.4) is 0 Å². The summed E-state index contributed by atoms with van der Waals surface area (Å²) in [6.45, 7) is 6.21. The van der Waals surface area contributed by atoms with Crippen molar-refractivity contribution in [1.82, 2.24) is 4.90 Å². The van der Waals surface area contributed by atoms with Crippen molar-refractivity contribution in [3.63, 3.8) is 0 Å². The fraction of sp³-hybridized carbons (Fsp3) is 0.500. The predicted molar refractivity (Wildman–Crippen MR) is 76.0 cm³/mol. The molecule has 20 heavy (non-hydrogen) atoms. The number of rotatable bonds is 4. The number of aryl methyl sites for hydroxylation is 1. The molecule has 1 aliphatic carbocycles. The van der Waals surface area contributed by atoms with Crippen LogP contribution in [-0.4, -0.2) is 28.9 Å². The van der Waals surface area contributed by atoms with Crippen molar-refractivity contribution in [2.45, 2.75) is 27.3 Å². The largest absolute Gasteiger partial charge is 0.481 e. The van der Waals surface area contributed by atoms with Gasteiger partial charge in [-0.15, -0.1) is 0 Å². The number of hydrogen-bond donors (Lipinski definition) is 1. The lowest BCUT2D eigenvalue weighted by Gasteiger charge is -2.19. The van der Waals surface area contributed by atoms with E-state index in [1.807, 2.05) is 45.0 Å². The Labute approximate surface area is 119 Å². The molecule has 4 heteroatoms. The number of aliphatic carboxylic acids is 1. The Morgan fingerprint density at radius 2 is 1.85 bits per heavy atom. The van der Waals surface area contributed by atoms with Crippen LogP contribution in [0.4, 0.5) is 0 Å². The molecule has 0 spiro atoms. The maximum absolute atomic E-state index is 12.4. The first-order valence-electron chi connectivity index (χ1n) is 6.79. The zero-order valence-electron chi connectivity index (χ0n) is 12.4. The number of benzene rings is 1. The van der Waals surface area contributed by atoms with Crippen LogP contribution >= 0.6 is 0 Å². The maximum Gasteiger partial charge on any atom is 0.307 e. The molecule has 0 aliphatic heterocycles. The number of carboxylic acids is 1. The molecule has 2 unspecified atom stereocenters. The topological polar surface area (TPSA) is 57.6 Å². The Balaban J connectivity index is 2.08. The van der Waals surface area contributed by atoms with Crippen molar-refractivity contribution < 1.29 is 14.7 Å². The van der Waals surface area contributed by atoms with Gasteiger partial charge in [-0.1, -0.05) is 38.1 Å². The van der Waals surface area contributed by atoms with Crippen molar-refractivity contribution in [3.05, 3.63) is 35.4 Å². The summed E-state index contributed by atoms with van der Waals surface area (Å²) in [5, 5.41) is 9.15. The number of carboxylic acid groups (broad SMARTS) is 1. The summed E-state index contributed by atoms with van der Waals surface area (Å²) in [5.74, 6) is -1.92. The van der Waals surface area contributed by atoms with E-state index in [9.17, 15) is 9.59 Å². The van der Waals surface area contributed by atoms with Crippen molar-refractivity contribution in [2.75, 3.05) is 7.05 Å². The molecule has 1 aromatic carbocycles. The fourth-order valence-electron chi connectivity index (χ4n) is 2.92. The molecule has 2 atom stereocenters. The minimum atomic E-state index is -0.877. The molecular weight excluding hydrogens is 254 g/mol. The van der Waals surface area contributed by atoms with Gasteiger partial charge >= 0.3 is 5.97 Å². The van der Waals surface area contributed by atoms with E-state index < -0.39 is 23.2 Å². The lowest BCUT2D eigenvalue weighted by Crippen LogP contribution is -2.29. The molecule has 0 saturated heterocycles. The first-order chi connectivity index (χ1) is 9.26. The quantitative estimate of drug-likeness (QED) is 0.917. The molecular formula is C16H21NO3. The fourth-order valence-corrected chi connectivity index (χ4v) is 2.92. The number of nitrogens with zero attached hydrogens (tertiary/aromatic N) is 1. The lowest BCUT2D eigenvalue weighted by atomic mass is 10.1.